The number of nitrogen functional groups attached to an aromatic ring is 1. The van der Waals surface area contributed by atoms with Gasteiger partial charge in [0, 0.05) is 6.07 Å². The van der Waals surface area contributed by atoms with E-state index in [2.05, 4.69) is 10.1 Å². The number of nitrogens with zero attached hydrogens (tertiary/aromatic N) is 3. The number of hydrogen-bond acceptors (Lipinski definition) is 4. The Morgan fingerprint density at radius 2 is 2.06 bits per heavy atom. The van der Waals surface area contributed by atoms with Crippen molar-refractivity contribution in [3.63, 3.8) is 0 Å². The zero-order chi connectivity index (χ0) is 11.7. The van der Waals surface area contributed by atoms with Gasteiger partial charge >= 0.3 is 0 Å². The number of aromatic nitrogens is 3. The van der Waals surface area contributed by atoms with Gasteiger partial charge in [-0.05, 0) is 31.7 Å². The van der Waals surface area contributed by atoms with Crippen molar-refractivity contribution in [2.75, 3.05) is 5.73 Å². The van der Waals surface area contributed by atoms with Crippen LogP contribution in [0, 0.1) is 0 Å². The third kappa shape index (κ3) is 2.05. The van der Waals surface area contributed by atoms with Crippen molar-refractivity contribution in [2.24, 2.45) is 0 Å². The number of anilines is 1. The molecule has 17 heavy (non-hydrogen) atoms. The van der Waals surface area contributed by atoms with E-state index in [9.17, 15) is 0 Å². The van der Waals surface area contributed by atoms with E-state index < -0.39 is 0 Å². The van der Waals surface area contributed by atoms with E-state index >= 15 is 0 Å². The second-order valence-corrected chi connectivity index (χ2v) is 4.48. The van der Waals surface area contributed by atoms with E-state index in [1.807, 2.05) is 18.2 Å². The van der Waals surface area contributed by atoms with E-state index in [4.69, 9.17) is 10.5 Å². The molecule has 1 saturated carbocycles. The minimum Gasteiger partial charge on any atom is -0.474 e. The first-order valence-corrected chi connectivity index (χ1v) is 6.11. The Hall–Kier alpha value is -1.78. The molecule has 2 heterocycles. The number of pyridine rings is 1. The molecule has 0 unspecified atom stereocenters. The molecule has 2 N–H and O–H groups in total. The lowest BCUT2D eigenvalue weighted by Gasteiger charge is -2.22. The summed E-state index contributed by atoms with van der Waals surface area (Å²) in [5.74, 6) is 1.02. The smallest absolute Gasteiger partial charge is 0.240 e. The van der Waals surface area contributed by atoms with Crippen LogP contribution in [-0.2, 0) is 0 Å². The number of rotatable bonds is 2. The maximum absolute atomic E-state index is 5.99. The average Bonchev–Trinajstić information content (AvgIpc) is 2.72. The normalized spacial score (nSPS) is 17.4. The highest BCUT2D eigenvalue weighted by Crippen LogP contribution is 2.23. The molecule has 90 valence electrons. The van der Waals surface area contributed by atoms with E-state index in [0.29, 0.717) is 6.10 Å². The van der Waals surface area contributed by atoms with Crippen molar-refractivity contribution in [1.29, 1.82) is 0 Å². The van der Waals surface area contributed by atoms with Crippen molar-refractivity contribution in [2.45, 2.75) is 38.2 Å². The van der Waals surface area contributed by atoms with E-state index in [1.165, 1.54) is 19.3 Å². The van der Waals surface area contributed by atoms with Crippen LogP contribution in [0.4, 0.5) is 5.95 Å². The van der Waals surface area contributed by atoms with Gasteiger partial charge in [0.25, 0.3) is 0 Å². The van der Waals surface area contributed by atoms with E-state index in [-0.39, 0.29) is 5.95 Å². The molecule has 3 rings (SSSR count). The number of nitrogens with two attached hydrogens (primary N) is 1. The average molecular weight is 232 g/mol. The Balaban J connectivity index is 1.88. The van der Waals surface area contributed by atoms with Crippen LogP contribution in [-0.4, -0.2) is 20.7 Å². The lowest BCUT2D eigenvalue weighted by Crippen LogP contribution is -2.20. The van der Waals surface area contributed by atoms with Crippen molar-refractivity contribution >= 4 is 11.6 Å². The van der Waals surface area contributed by atoms with Crippen molar-refractivity contribution in [3.05, 3.63) is 18.2 Å². The molecule has 0 aliphatic heterocycles. The monoisotopic (exact) mass is 232 g/mol. The van der Waals surface area contributed by atoms with Crippen LogP contribution in [0.15, 0.2) is 18.2 Å². The predicted molar refractivity (Wildman–Crippen MR) is 64.9 cm³/mol. The molecule has 1 fully saturated rings. The zero-order valence-electron chi connectivity index (χ0n) is 9.67. The largest absolute Gasteiger partial charge is 0.474 e. The maximum Gasteiger partial charge on any atom is 0.240 e. The molecular weight excluding hydrogens is 216 g/mol. The molecule has 0 amide bonds. The van der Waals surface area contributed by atoms with Crippen LogP contribution in [0.5, 0.6) is 5.88 Å². The van der Waals surface area contributed by atoms with Gasteiger partial charge in [0.1, 0.15) is 6.10 Å². The molecule has 2 aromatic heterocycles. The molecule has 1 aliphatic carbocycles. The van der Waals surface area contributed by atoms with Crippen LogP contribution in [0.25, 0.3) is 5.65 Å². The fraction of sp³-hybridized carbons (Fsp3) is 0.500. The number of fused-ring (bicyclic) bond motifs is 1. The van der Waals surface area contributed by atoms with Crippen LogP contribution < -0.4 is 10.5 Å². The van der Waals surface area contributed by atoms with Gasteiger partial charge in [0.2, 0.25) is 11.8 Å². The fourth-order valence-electron chi connectivity index (χ4n) is 2.34. The maximum atomic E-state index is 5.99. The zero-order valence-corrected chi connectivity index (χ0v) is 9.67. The Kier molecular flexibility index (Phi) is 2.59. The third-order valence-electron chi connectivity index (χ3n) is 3.18. The predicted octanol–water partition coefficient (Wildman–Crippen LogP) is 2.02. The molecule has 0 radical (unpaired) electrons. The number of hydrogen-bond donors (Lipinski definition) is 1. The van der Waals surface area contributed by atoms with Gasteiger partial charge in [-0.25, -0.2) is 0 Å². The Labute approximate surface area is 99.6 Å². The highest BCUT2D eigenvalue weighted by atomic mass is 16.5. The second kappa shape index (κ2) is 4.24. The summed E-state index contributed by atoms with van der Waals surface area (Å²) in [6.45, 7) is 0. The summed E-state index contributed by atoms with van der Waals surface area (Å²) in [6, 6.07) is 5.70. The fourth-order valence-corrected chi connectivity index (χ4v) is 2.34. The summed E-state index contributed by atoms with van der Waals surface area (Å²) in [5, 5.41) is 4.14. The van der Waals surface area contributed by atoms with E-state index in [0.717, 1.165) is 24.4 Å². The lowest BCUT2D eigenvalue weighted by atomic mass is 9.98. The lowest BCUT2D eigenvalue weighted by molar-refractivity contribution is 0.145. The first kappa shape index (κ1) is 10.4. The minimum atomic E-state index is 0.282. The summed E-state index contributed by atoms with van der Waals surface area (Å²) in [4.78, 5) is 4.12. The molecule has 2 aromatic rings. The van der Waals surface area contributed by atoms with Gasteiger partial charge in [0.05, 0.1) is 0 Å². The highest BCUT2D eigenvalue weighted by molar-refractivity contribution is 5.44. The summed E-state index contributed by atoms with van der Waals surface area (Å²) >= 11 is 0. The molecule has 5 heteroatoms. The molecule has 0 saturated heterocycles. The van der Waals surface area contributed by atoms with Crippen molar-refractivity contribution in [1.82, 2.24) is 14.6 Å². The van der Waals surface area contributed by atoms with Crippen molar-refractivity contribution < 1.29 is 4.74 Å². The summed E-state index contributed by atoms with van der Waals surface area (Å²) < 4.78 is 7.66. The number of ether oxygens (including phenoxy) is 1. The van der Waals surface area contributed by atoms with Gasteiger partial charge in [-0.15, -0.1) is 5.10 Å². The summed E-state index contributed by atoms with van der Waals surface area (Å²) in [7, 11) is 0. The van der Waals surface area contributed by atoms with Crippen LogP contribution >= 0.6 is 0 Å². The molecule has 5 nitrogen and oxygen atoms in total. The van der Waals surface area contributed by atoms with Gasteiger partial charge < -0.3 is 10.5 Å². The molecular formula is C12H16N4O. The van der Waals surface area contributed by atoms with Gasteiger partial charge in [-0.2, -0.15) is 9.50 Å². The molecule has 0 atom stereocenters. The first-order chi connectivity index (χ1) is 8.33. The quantitative estimate of drug-likeness (QED) is 0.860. The van der Waals surface area contributed by atoms with Crippen LogP contribution in [0.1, 0.15) is 32.1 Å². The van der Waals surface area contributed by atoms with Crippen molar-refractivity contribution in [3.8, 4) is 5.88 Å². The van der Waals surface area contributed by atoms with E-state index in [1.54, 1.807) is 4.52 Å². The SMILES string of the molecule is Nc1nc2cccc(OC3CCCCC3)n2n1. The minimum absolute atomic E-state index is 0.282. The molecule has 0 aromatic carbocycles. The van der Waals surface area contributed by atoms with Gasteiger partial charge in [-0.3, -0.25) is 0 Å². The second-order valence-electron chi connectivity index (χ2n) is 4.48. The standard InChI is InChI=1S/C12H16N4O/c13-12-14-10-7-4-8-11(16(10)15-12)17-9-5-2-1-3-6-9/h4,7-9H,1-3,5-6H2,(H2,13,15). The van der Waals surface area contributed by atoms with Crippen LogP contribution in [0.3, 0.4) is 0 Å². The van der Waals surface area contributed by atoms with Gasteiger partial charge in [-0.1, -0.05) is 12.5 Å². The Morgan fingerprint density at radius 1 is 1.24 bits per heavy atom. The summed E-state index contributed by atoms with van der Waals surface area (Å²) in [5.41, 5.74) is 6.33. The topological polar surface area (TPSA) is 65.4 Å². The van der Waals surface area contributed by atoms with Crippen LogP contribution in [0.2, 0.25) is 0 Å². The highest BCUT2D eigenvalue weighted by Gasteiger charge is 2.16. The first-order valence-electron chi connectivity index (χ1n) is 6.11. The molecule has 0 bridgehead atoms. The third-order valence-corrected chi connectivity index (χ3v) is 3.18. The Bertz CT molecular complexity index is 516. The molecule has 1 aliphatic rings. The summed E-state index contributed by atoms with van der Waals surface area (Å²) in [6.07, 6.45) is 6.38. The molecule has 0 spiro atoms. The van der Waals surface area contributed by atoms with Gasteiger partial charge in [0.15, 0.2) is 5.65 Å². The Morgan fingerprint density at radius 3 is 2.88 bits per heavy atom.